The van der Waals surface area contributed by atoms with Crippen molar-refractivity contribution in [3.05, 3.63) is 28.2 Å². The lowest BCUT2D eigenvalue weighted by Gasteiger charge is -2.25. The van der Waals surface area contributed by atoms with E-state index < -0.39 is 12.1 Å². The lowest BCUT2D eigenvalue weighted by Crippen LogP contribution is -2.45. The zero-order valence-electron chi connectivity index (χ0n) is 15.9. The zero-order valence-corrected chi connectivity index (χ0v) is 15.9. The Morgan fingerprint density at radius 2 is 1.77 bits per heavy atom. The van der Waals surface area contributed by atoms with Crippen molar-refractivity contribution in [3.8, 4) is 0 Å². The second kappa shape index (κ2) is 9.50. The Hall–Kier alpha value is -2.18. The molecule has 1 aliphatic carbocycles. The molecule has 26 heavy (non-hydrogen) atoms. The number of aromatic nitrogens is 2. The minimum atomic E-state index is -0.882. The van der Waals surface area contributed by atoms with Crippen LogP contribution in [0.5, 0.6) is 0 Å². The molecule has 7 heteroatoms. The van der Waals surface area contributed by atoms with E-state index >= 15 is 0 Å². The molecule has 0 aliphatic heterocycles. The van der Waals surface area contributed by atoms with E-state index in [4.69, 9.17) is 4.74 Å². The van der Waals surface area contributed by atoms with Gasteiger partial charge in [-0.2, -0.15) is 5.10 Å². The van der Waals surface area contributed by atoms with Crippen LogP contribution in [0.1, 0.15) is 69.3 Å². The van der Waals surface area contributed by atoms with Crippen LogP contribution in [0, 0.1) is 5.92 Å². The summed E-state index contributed by atoms with van der Waals surface area (Å²) in [5.74, 6) is -1.13. The Balaban J connectivity index is 2.02. The molecule has 0 aromatic carbocycles. The van der Waals surface area contributed by atoms with Gasteiger partial charge in [-0.25, -0.2) is 9.48 Å². The number of nitrogens with one attached hydrogen (secondary N) is 1. The highest BCUT2D eigenvalue weighted by Gasteiger charge is 2.29. The molecule has 1 heterocycles. The van der Waals surface area contributed by atoms with Gasteiger partial charge in [-0.1, -0.05) is 46.0 Å². The summed E-state index contributed by atoms with van der Waals surface area (Å²) in [4.78, 5) is 36.4. The molecule has 1 aliphatic rings. The molecule has 1 N–H and O–H groups in total. The van der Waals surface area contributed by atoms with Gasteiger partial charge in [-0.05, 0) is 24.8 Å². The molecule has 7 nitrogen and oxygen atoms in total. The Kier molecular flexibility index (Phi) is 7.36. The monoisotopic (exact) mass is 363 g/mol. The first kappa shape index (κ1) is 20.1. The summed E-state index contributed by atoms with van der Waals surface area (Å²) in [5.41, 5.74) is -0.305. The number of ether oxygens (including phenoxy) is 1. The Labute approximate surface area is 154 Å². The van der Waals surface area contributed by atoms with Gasteiger partial charge >= 0.3 is 5.97 Å². The van der Waals surface area contributed by atoms with E-state index in [0.29, 0.717) is 0 Å². The topological polar surface area (TPSA) is 90.3 Å². The highest BCUT2D eigenvalue weighted by Crippen LogP contribution is 2.18. The number of carbonyl (C=O) groups is 2. The minimum Gasteiger partial charge on any atom is -0.447 e. The first-order valence-electron chi connectivity index (χ1n) is 9.44. The van der Waals surface area contributed by atoms with Crippen LogP contribution in [-0.2, 0) is 16.6 Å². The minimum absolute atomic E-state index is 0.0107. The maximum atomic E-state index is 12.7. The largest absolute Gasteiger partial charge is 0.447 e. The van der Waals surface area contributed by atoms with Gasteiger partial charge in [0.05, 0.1) is 0 Å². The van der Waals surface area contributed by atoms with Crippen LogP contribution in [-0.4, -0.2) is 33.8 Å². The molecular formula is C19H29N3O4. The highest BCUT2D eigenvalue weighted by atomic mass is 16.5. The van der Waals surface area contributed by atoms with Gasteiger partial charge in [0.2, 0.25) is 0 Å². The molecule has 1 aromatic rings. The van der Waals surface area contributed by atoms with Gasteiger partial charge < -0.3 is 10.1 Å². The number of hydrogen-bond donors (Lipinski definition) is 1. The van der Waals surface area contributed by atoms with Gasteiger partial charge in [0.1, 0.15) is 0 Å². The summed E-state index contributed by atoms with van der Waals surface area (Å²) in [6.07, 6.45) is 6.94. The maximum Gasteiger partial charge on any atom is 0.359 e. The number of carbonyl (C=O) groups excluding carboxylic acids is 2. The van der Waals surface area contributed by atoms with E-state index in [2.05, 4.69) is 10.4 Å². The fourth-order valence-electron chi connectivity index (χ4n) is 3.16. The number of aryl methyl sites for hydroxylation is 1. The molecule has 0 bridgehead atoms. The third kappa shape index (κ3) is 5.68. The van der Waals surface area contributed by atoms with Crippen molar-refractivity contribution in [1.82, 2.24) is 15.1 Å². The zero-order chi connectivity index (χ0) is 19.1. The predicted molar refractivity (Wildman–Crippen MR) is 97.8 cm³/mol. The number of hydrogen-bond acceptors (Lipinski definition) is 5. The van der Waals surface area contributed by atoms with Gasteiger partial charge in [-0.3, -0.25) is 9.59 Å². The second-order valence-corrected chi connectivity index (χ2v) is 7.30. The number of amides is 1. The van der Waals surface area contributed by atoms with Crippen molar-refractivity contribution in [1.29, 1.82) is 0 Å². The van der Waals surface area contributed by atoms with Crippen molar-refractivity contribution >= 4 is 11.9 Å². The summed E-state index contributed by atoms with van der Waals surface area (Å²) in [5, 5.41) is 6.93. The molecule has 1 aromatic heterocycles. The fraction of sp³-hybridized carbons (Fsp3) is 0.684. The first-order chi connectivity index (χ1) is 12.4. The van der Waals surface area contributed by atoms with E-state index in [1.807, 2.05) is 13.8 Å². The molecule has 1 unspecified atom stereocenters. The molecule has 2 rings (SSSR count). The van der Waals surface area contributed by atoms with Crippen LogP contribution in [0.25, 0.3) is 0 Å². The van der Waals surface area contributed by atoms with E-state index in [1.165, 1.54) is 38.4 Å². The fourth-order valence-corrected chi connectivity index (χ4v) is 3.16. The molecule has 0 saturated heterocycles. The molecule has 1 fully saturated rings. The van der Waals surface area contributed by atoms with Crippen molar-refractivity contribution < 1.29 is 14.3 Å². The Morgan fingerprint density at radius 1 is 1.15 bits per heavy atom. The van der Waals surface area contributed by atoms with E-state index in [0.717, 1.165) is 30.4 Å². The van der Waals surface area contributed by atoms with E-state index in [-0.39, 0.29) is 29.1 Å². The molecule has 1 saturated carbocycles. The van der Waals surface area contributed by atoms with E-state index in [1.54, 1.807) is 0 Å². The van der Waals surface area contributed by atoms with Crippen molar-refractivity contribution in [3.63, 3.8) is 0 Å². The third-order valence-corrected chi connectivity index (χ3v) is 4.72. The summed E-state index contributed by atoms with van der Waals surface area (Å²) in [6.45, 7) is 3.67. The number of esters is 1. The van der Waals surface area contributed by atoms with Crippen LogP contribution >= 0.6 is 0 Å². The number of nitrogens with zero attached hydrogens (tertiary/aromatic N) is 2. The van der Waals surface area contributed by atoms with Crippen LogP contribution in [0.4, 0.5) is 0 Å². The predicted octanol–water partition coefficient (Wildman–Crippen LogP) is 2.19. The number of rotatable bonds is 5. The van der Waals surface area contributed by atoms with Crippen molar-refractivity contribution in [2.75, 3.05) is 0 Å². The van der Waals surface area contributed by atoms with Crippen LogP contribution < -0.4 is 10.9 Å². The van der Waals surface area contributed by atoms with Crippen LogP contribution in [0.2, 0.25) is 0 Å². The highest BCUT2D eigenvalue weighted by molar-refractivity contribution is 5.90. The summed E-state index contributed by atoms with van der Waals surface area (Å²) in [6, 6.07) is 2.70. The van der Waals surface area contributed by atoms with Gasteiger partial charge in [0.15, 0.2) is 11.8 Å². The second-order valence-electron chi connectivity index (χ2n) is 7.30. The quantitative estimate of drug-likeness (QED) is 0.810. The third-order valence-electron chi connectivity index (χ3n) is 4.72. The molecule has 1 atom stereocenters. The Morgan fingerprint density at radius 3 is 2.35 bits per heavy atom. The lowest BCUT2D eigenvalue weighted by molar-refractivity contribution is -0.133. The van der Waals surface area contributed by atoms with E-state index in [9.17, 15) is 14.4 Å². The maximum absolute atomic E-state index is 12.7. The van der Waals surface area contributed by atoms with Crippen LogP contribution in [0.3, 0.4) is 0 Å². The normalized spacial score (nSPS) is 17.2. The van der Waals surface area contributed by atoms with Gasteiger partial charge in [0.25, 0.3) is 11.5 Å². The average molecular weight is 363 g/mol. The van der Waals surface area contributed by atoms with Crippen molar-refractivity contribution in [2.45, 2.75) is 70.9 Å². The van der Waals surface area contributed by atoms with Crippen molar-refractivity contribution in [2.24, 2.45) is 13.0 Å². The van der Waals surface area contributed by atoms with Crippen LogP contribution in [0.15, 0.2) is 16.9 Å². The summed E-state index contributed by atoms with van der Waals surface area (Å²) < 4.78 is 6.49. The molecular weight excluding hydrogens is 334 g/mol. The summed E-state index contributed by atoms with van der Waals surface area (Å²) >= 11 is 0. The molecule has 0 spiro atoms. The molecule has 1 amide bonds. The smallest absolute Gasteiger partial charge is 0.359 e. The standard InChI is InChI=1S/C19H29N3O4/c1-13(2)17(18(24)20-14-9-7-5-4-6-8-10-14)26-19(25)15-11-12-16(23)22(3)21-15/h11-14,17H,4-10H2,1-3H3,(H,20,24). The van der Waals surface area contributed by atoms with Gasteiger partial charge in [0, 0.05) is 19.2 Å². The average Bonchev–Trinajstić information content (AvgIpc) is 2.56. The molecule has 144 valence electrons. The lowest BCUT2D eigenvalue weighted by atomic mass is 9.96. The first-order valence-corrected chi connectivity index (χ1v) is 9.44. The molecule has 0 radical (unpaired) electrons. The Bertz CT molecular complexity index is 676. The van der Waals surface area contributed by atoms with Gasteiger partial charge in [-0.15, -0.1) is 0 Å². The summed E-state index contributed by atoms with van der Waals surface area (Å²) in [7, 11) is 1.46. The SMILES string of the molecule is CC(C)C(OC(=O)c1ccc(=O)n(C)n1)C(=O)NC1CCCCCCC1.